The first-order valence-corrected chi connectivity index (χ1v) is 17.0. The van der Waals surface area contributed by atoms with Crippen LogP contribution >= 0.6 is 0 Å². The van der Waals surface area contributed by atoms with Gasteiger partial charge in [-0.25, -0.2) is 0 Å². The topological polar surface area (TPSA) is 154 Å². The van der Waals surface area contributed by atoms with E-state index in [4.69, 9.17) is 43.1 Å². The molecule has 0 aromatic heterocycles. The van der Waals surface area contributed by atoms with Crippen LogP contribution < -0.4 is 17.2 Å². The minimum absolute atomic E-state index is 0.313. The van der Waals surface area contributed by atoms with E-state index in [0.717, 1.165) is 0 Å². The van der Waals surface area contributed by atoms with Crippen molar-refractivity contribution in [3.63, 3.8) is 0 Å². The molecule has 2 unspecified atom stereocenters. The van der Waals surface area contributed by atoms with E-state index in [1.165, 1.54) is 0 Å². The van der Waals surface area contributed by atoms with Crippen LogP contribution in [0, 0.1) is 0 Å². The molecule has 0 aromatic carbocycles. The zero-order valence-electron chi connectivity index (χ0n) is 19.3. The van der Waals surface area contributed by atoms with E-state index in [1.807, 2.05) is 27.7 Å². The van der Waals surface area contributed by atoms with Gasteiger partial charge in [-0.05, 0) is 66.6 Å². The van der Waals surface area contributed by atoms with Gasteiger partial charge >= 0.3 is 26.4 Å². The molecule has 0 amide bonds. The molecule has 0 aromatic rings. The molecule has 0 saturated carbocycles. The predicted octanol–water partition coefficient (Wildman–Crippen LogP) is 1.02. The van der Waals surface area contributed by atoms with Crippen LogP contribution in [0.3, 0.4) is 0 Å². The molecule has 0 saturated heterocycles. The zero-order valence-corrected chi connectivity index (χ0v) is 22.3. The van der Waals surface area contributed by atoms with Crippen LogP contribution in [0.25, 0.3) is 0 Å². The highest BCUT2D eigenvalue weighted by Gasteiger charge is 2.57. The van der Waals surface area contributed by atoms with Crippen LogP contribution in [0.4, 0.5) is 0 Å². The fourth-order valence-corrected chi connectivity index (χ4v) is 14.6. The average Bonchev–Trinajstić information content (AvgIpc) is 2.70. The van der Waals surface area contributed by atoms with E-state index in [-0.39, 0.29) is 0 Å². The minimum Gasteiger partial charge on any atom is -0.390 e. The van der Waals surface area contributed by atoms with Crippen LogP contribution in [-0.4, -0.2) is 77.3 Å². The lowest BCUT2D eigenvalue weighted by molar-refractivity contribution is 0.0498. The van der Waals surface area contributed by atoms with Crippen molar-refractivity contribution >= 4 is 26.4 Å². The third-order valence-electron chi connectivity index (χ3n) is 4.16. The smallest absolute Gasteiger partial charge is 0.390 e. The van der Waals surface area contributed by atoms with E-state index in [2.05, 4.69) is 0 Å². The molecule has 13 heteroatoms. The molecule has 0 bridgehead atoms. The monoisotopic (exact) mass is 487 g/mol. The summed E-state index contributed by atoms with van der Waals surface area (Å²) in [5, 5.41) is 0. The first-order valence-electron chi connectivity index (χ1n) is 11.1. The van der Waals surface area contributed by atoms with Gasteiger partial charge < -0.3 is 47.9 Å². The molecule has 0 aliphatic rings. The van der Waals surface area contributed by atoms with Crippen LogP contribution in [0.1, 0.15) is 47.0 Å². The molecular weight excluding hydrogens is 442 g/mol. The second-order valence-corrected chi connectivity index (χ2v) is 15.1. The Kier molecular flexibility index (Phi) is 17.0. The average molecular weight is 488 g/mol. The summed E-state index contributed by atoms with van der Waals surface area (Å²) in [5.41, 5.74) is 17.2. The number of hydrogen-bond acceptors (Lipinski definition) is 10. The van der Waals surface area contributed by atoms with Gasteiger partial charge in [-0.3, -0.25) is 0 Å². The maximum Gasteiger partial charge on any atom is 0.493 e. The third kappa shape index (κ3) is 11.2. The van der Waals surface area contributed by atoms with Gasteiger partial charge in [0.15, 0.2) is 0 Å². The first-order chi connectivity index (χ1) is 14.3. The van der Waals surface area contributed by atoms with Gasteiger partial charge in [0, 0.05) is 44.6 Å². The standard InChI is InChI=1S/C17H45N3O7Si3/c1-5-22-28(21,15-9-12-18)26-30(25-8-4,17-11-14-20)27-29(23-6-2,24-7-3)16-10-13-19/h21H,5-20H2,1-4H3. The lowest BCUT2D eigenvalue weighted by Gasteiger charge is -2.41. The summed E-state index contributed by atoms with van der Waals surface area (Å²) in [7, 11) is -10.2. The summed E-state index contributed by atoms with van der Waals surface area (Å²) in [6.45, 7) is 10.3. The molecule has 10 nitrogen and oxygen atoms in total. The molecule has 0 aliphatic carbocycles. The molecule has 30 heavy (non-hydrogen) atoms. The van der Waals surface area contributed by atoms with Crippen molar-refractivity contribution < 1.29 is 30.7 Å². The Morgan fingerprint density at radius 2 is 0.967 bits per heavy atom. The Morgan fingerprint density at radius 3 is 1.40 bits per heavy atom. The van der Waals surface area contributed by atoms with Crippen molar-refractivity contribution in [2.45, 2.75) is 65.1 Å². The van der Waals surface area contributed by atoms with E-state index >= 15 is 0 Å². The van der Waals surface area contributed by atoms with Crippen LogP contribution in [0.5, 0.6) is 0 Å². The van der Waals surface area contributed by atoms with Gasteiger partial charge in [0.05, 0.1) is 0 Å². The molecule has 0 rings (SSSR count). The molecule has 0 spiro atoms. The Balaban J connectivity index is 6.07. The maximum absolute atomic E-state index is 11.2. The summed E-state index contributed by atoms with van der Waals surface area (Å²) < 4.78 is 36.9. The highest BCUT2D eigenvalue weighted by atomic mass is 28.5. The quantitative estimate of drug-likeness (QED) is 0.172. The predicted molar refractivity (Wildman–Crippen MR) is 124 cm³/mol. The van der Waals surface area contributed by atoms with Crippen molar-refractivity contribution in [1.82, 2.24) is 0 Å². The van der Waals surface area contributed by atoms with Gasteiger partial charge in [-0.15, -0.1) is 0 Å². The van der Waals surface area contributed by atoms with Crippen molar-refractivity contribution in [3.05, 3.63) is 0 Å². The second-order valence-electron chi connectivity index (χ2n) is 6.69. The second kappa shape index (κ2) is 16.8. The fraction of sp³-hybridized carbons (Fsp3) is 1.00. The van der Waals surface area contributed by atoms with Crippen molar-refractivity contribution in [1.29, 1.82) is 0 Å². The zero-order chi connectivity index (χ0) is 22.9. The van der Waals surface area contributed by atoms with Crippen molar-refractivity contribution in [2.75, 3.05) is 46.1 Å². The largest absolute Gasteiger partial charge is 0.493 e. The van der Waals surface area contributed by atoms with Crippen LogP contribution in [0.15, 0.2) is 0 Å². The summed E-state index contributed by atoms with van der Waals surface area (Å²) in [6, 6.07) is 1.29. The Hall–Kier alpha value is 0.251. The number of nitrogens with two attached hydrogens (primary N) is 3. The molecule has 2 atom stereocenters. The van der Waals surface area contributed by atoms with E-state index in [1.54, 1.807) is 0 Å². The fourth-order valence-electron chi connectivity index (χ4n) is 3.03. The molecule has 0 fully saturated rings. The summed E-state index contributed by atoms with van der Waals surface area (Å²) in [4.78, 5) is 11.2. The normalized spacial score (nSPS) is 16.4. The summed E-state index contributed by atoms with van der Waals surface area (Å²) in [6.07, 6.45) is 1.86. The summed E-state index contributed by atoms with van der Waals surface area (Å²) >= 11 is 0. The van der Waals surface area contributed by atoms with Gasteiger partial charge in [0.1, 0.15) is 0 Å². The van der Waals surface area contributed by atoms with E-state index < -0.39 is 26.4 Å². The number of rotatable bonds is 21. The van der Waals surface area contributed by atoms with Gasteiger partial charge in [-0.2, -0.15) is 0 Å². The molecule has 0 aliphatic heterocycles. The lowest BCUT2D eigenvalue weighted by atomic mass is 10.5. The highest BCUT2D eigenvalue weighted by molar-refractivity contribution is 6.80. The molecular formula is C17H45N3O7Si3. The van der Waals surface area contributed by atoms with Crippen molar-refractivity contribution in [2.24, 2.45) is 17.2 Å². The minimum atomic E-state index is -3.59. The Morgan fingerprint density at radius 1 is 0.567 bits per heavy atom. The summed E-state index contributed by atoms with van der Waals surface area (Å²) in [5.74, 6) is 0. The molecule has 0 heterocycles. The first kappa shape index (κ1) is 30.3. The molecule has 0 radical (unpaired) electrons. The van der Waals surface area contributed by atoms with Crippen molar-refractivity contribution in [3.8, 4) is 0 Å². The van der Waals surface area contributed by atoms with Gasteiger partial charge in [-0.1, -0.05) is 0 Å². The molecule has 182 valence electrons. The van der Waals surface area contributed by atoms with Crippen LogP contribution in [-0.2, 0) is 25.9 Å². The molecule has 7 N–H and O–H groups in total. The van der Waals surface area contributed by atoms with Gasteiger partial charge in [0.2, 0.25) is 0 Å². The number of hydrogen-bond donors (Lipinski definition) is 4. The van der Waals surface area contributed by atoms with Crippen LogP contribution in [0.2, 0.25) is 18.1 Å². The van der Waals surface area contributed by atoms with E-state index in [0.29, 0.717) is 83.5 Å². The Bertz CT molecular complexity index is 426. The SMILES string of the molecule is CCO[Si](O)(CCCN)O[Si](CCCN)(OCC)O[Si](CCCN)(OCC)OCC. The highest BCUT2D eigenvalue weighted by Crippen LogP contribution is 2.31. The third-order valence-corrected chi connectivity index (χ3v) is 15.0. The van der Waals surface area contributed by atoms with Gasteiger partial charge in [0.25, 0.3) is 0 Å². The lowest BCUT2D eigenvalue weighted by Crippen LogP contribution is -2.64. The maximum atomic E-state index is 11.2. The Labute approximate surface area is 185 Å². The van der Waals surface area contributed by atoms with E-state index in [9.17, 15) is 4.80 Å².